The van der Waals surface area contributed by atoms with Crippen LogP contribution in [0, 0.1) is 17.8 Å². The van der Waals surface area contributed by atoms with Gasteiger partial charge in [0, 0.05) is 29.3 Å². The lowest BCUT2D eigenvalue weighted by Crippen LogP contribution is -2.58. The molecule has 39 heavy (non-hydrogen) atoms. The molecule has 1 aromatic rings. The van der Waals surface area contributed by atoms with Crippen LogP contribution in [0.25, 0.3) is 0 Å². The van der Waals surface area contributed by atoms with Gasteiger partial charge in [-0.25, -0.2) is 4.79 Å². The van der Waals surface area contributed by atoms with Crippen LogP contribution in [0.5, 0.6) is 0 Å². The topological polar surface area (TPSA) is 65.1 Å². The van der Waals surface area contributed by atoms with Gasteiger partial charge in [0.05, 0.1) is 13.2 Å². The fraction of sp³-hybridized carbons (Fsp3) is 0.562. The Bertz CT molecular complexity index is 1120. The molecule has 2 fully saturated rings. The van der Waals surface area contributed by atoms with Gasteiger partial charge in [-0.2, -0.15) is 0 Å². The Balaban J connectivity index is 1.37. The largest absolute Gasteiger partial charge is 0.493 e. The molecule has 5 atom stereocenters. The van der Waals surface area contributed by atoms with E-state index >= 15 is 0 Å². The summed E-state index contributed by atoms with van der Waals surface area (Å²) < 4.78 is 18.2. The lowest BCUT2D eigenvalue weighted by atomic mass is 9.76. The quantitative estimate of drug-likeness (QED) is 0.276. The zero-order chi connectivity index (χ0) is 27.4. The zero-order valence-corrected chi connectivity index (χ0v) is 23.8. The van der Waals surface area contributed by atoms with Gasteiger partial charge in [0.2, 0.25) is 0 Å². The lowest BCUT2D eigenvalue weighted by molar-refractivity contribution is -0.166. The summed E-state index contributed by atoms with van der Waals surface area (Å²) >= 11 is 6.04. The van der Waals surface area contributed by atoms with E-state index in [9.17, 15) is 9.59 Å². The molecule has 1 aromatic carbocycles. The number of esters is 1. The van der Waals surface area contributed by atoms with E-state index in [1.54, 1.807) is 4.90 Å². The highest BCUT2D eigenvalue weighted by molar-refractivity contribution is 6.30. The molecule has 6 nitrogen and oxygen atoms in total. The fourth-order valence-electron chi connectivity index (χ4n) is 6.56. The van der Waals surface area contributed by atoms with Crippen molar-refractivity contribution in [3.63, 3.8) is 0 Å². The van der Waals surface area contributed by atoms with Crippen LogP contribution in [0.2, 0.25) is 5.02 Å². The van der Waals surface area contributed by atoms with E-state index in [4.69, 9.17) is 25.8 Å². The Morgan fingerprint density at radius 3 is 2.54 bits per heavy atom. The maximum atomic E-state index is 14.3. The molecule has 1 saturated heterocycles. The molecule has 7 heteroatoms. The number of fused-ring (bicyclic) bond motifs is 1. The van der Waals surface area contributed by atoms with E-state index in [1.807, 2.05) is 31.2 Å². The second kappa shape index (κ2) is 12.7. The Morgan fingerprint density at radius 1 is 1.08 bits per heavy atom. The van der Waals surface area contributed by atoms with Crippen LogP contribution in [-0.2, 0) is 30.4 Å². The number of hydrogen-bond acceptors (Lipinski definition) is 5. The van der Waals surface area contributed by atoms with E-state index in [-0.39, 0.29) is 35.7 Å². The SMILES string of the molecule is COC(=O)[C@@H]1CC2C(OCc3ccc(Cl)cc3)=C(C)C=CC2CN1C(=O)[C@H](OC1CCCC1)C1C=CCCC1. The number of carbonyl (C=O) groups excluding carboxylic acids is 2. The van der Waals surface area contributed by atoms with Crippen LogP contribution in [-0.4, -0.2) is 48.7 Å². The van der Waals surface area contributed by atoms with Gasteiger partial charge in [0.1, 0.15) is 24.5 Å². The Kier molecular flexibility index (Phi) is 9.13. The zero-order valence-electron chi connectivity index (χ0n) is 23.0. The number of carbonyl (C=O) groups is 2. The molecule has 1 heterocycles. The van der Waals surface area contributed by atoms with Gasteiger partial charge in [-0.3, -0.25) is 4.79 Å². The summed E-state index contributed by atoms with van der Waals surface area (Å²) in [5.41, 5.74) is 2.07. The number of halogens is 1. The fourth-order valence-corrected chi connectivity index (χ4v) is 6.68. The first-order valence-corrected chi connectivity index (χ1v) is 14.8. The minimum atomic E-state index is -0.681. The molecule has 210 valence electrons. The summed E-state index contributed by atoms with van der Waals surface area (Å²) in [6, 6.07) is 6.94. The summed E-state index contributed by atoms with van der Waals surface area (Å²) in [6.45, 7) is 2.88. The number of ether oxygens (including phenoxy) is 3. The maximum Gasteiger partial charge on any atom is 0.328 e. The predicted molar refractivity (Wildman–Crippen MR) is 151 cm³/mol. The van der Waals surface area contributed by atoms with Gasteiger partial charge in [-0.1, -0.05) is 60.9 Å². The van der Waals surface area contributed by atoms with E-state index < -0.39 is 12.1 Å². The number of likely N-dealkylation sites (tertiary alicyclic amines) is 1. The molecule has 0 spiro atoms. The first-order valence-electron chi connectivity index (χ1n) is 14.4. The van der Waals surface area contributed by atoms with Crippen molar-refractivity contribution < 1.29 is 23.8 Å². The standard InChI is InChI=1S/C32H40ClNO5/c1-21-12-15-24-19-34(31(35)30(23-8-4-3-5-9-23)39-26-10-6-7-11-26)28(32(36)37-2)18-27(24)29(21)38-20-22-13-16-25(33)17-14-22/h4,8,12-17,23-24,26-28,30H,3,5-7,9-11,18-20H2,1-2H3/t23?,24?,27?,28-,30+/m0/s1. The van der Waals surface area contributed by atoms with Crippen LogP contribution in [0.3, 0.4) is 0 Å². The third-order valence-corrected chi connectivity index (χ3v) is 8.98. The van der Waals surface area contributed by atoms with Crippen molar-refractivity contribution in [1.82, 2.24) is 4.90 Å². The van der Waals surface area contributed by atoms with E-state index in [0.717, 1.165) is 61.8 Å². The molecule has 3 aliphatic carbocycles. The van der Waals surface area contributed by atoms with Gasteiger partial charge in [0.15, 0.2) is 0 Å². The van der Waals surface area contributed by atoms with Crippen LogP contribution < -0.4 is 0 Å². The van der Waals surface area contributed by atoms with Gasteiger partial charge >= 0.3 is 5.97 Å². The second-order valence-corrected chi connectivity index (χ2v) is 11.8. The monoisotopic (exact) mass is 553 g/mol. The molecule has 1 amide bonds. The van der Waals surface area contributed by atoms with Crippen molar-refractivity contribution in [2.75, 3.05) is 13.7 Å². The molecular weight excluding hydrogens is 514 g/mol. The second-order valence-electron chi connectivity index (χ2n) is 11.3. The highest BCUT2D eigenvalue weighted by Gasteiger charge is 2.47. The number of allylic oxidation sites excluding steroid dienone is 4. The van der Waals surface area contributed by atoms with Crippen molar-refractivity contribution in [3.8, 4) is 0 Å². The van der Waals surface area contributed by atoms with Crippen LogP contribution in [0.4, 0.5) is 0 Å². The third kappa shape index (κ3) is 6.44. The minimum Gasteiger partial charge on any atom is -0.493 e. The Morgan fingerprint density at radius 2 is 1.85 bits per heavy atom. The molecule has 5 rings (SSSR count). The van der Waals surface area contributed by atoms with Crippen molar-refractivity contribution in [2.24, 2.45) is 17.8 Å². The first kappa shape index (κ1) is 28.0. The van der Waals surface area contributed by atoms with Crippen molar-refractivity contribution in [3.05, 3.63) is 70.5 Å². The number of methoxy groups -OCH3 is 1. The van der Waals surface area contributed by atoms with Crippen LogP contribution >= 0.6 is 11.6 Å². The average molecular weight is 554 g/mol. The summed E-state index contributed by atoms with van der Waals surface area (Å²) in [5.74, 6) is 0.477. The van der Waals surface area contributed by atoms with Gasteiger partial charge in [0.25, 0.3) is 5.91 Å². The summed E-state index contributed by atoms with van der Waals surface area (Å²) in [7, 11) is 1.40. The number of piperidine rings is 1. The number of hydrogen-bond donors (Lipinski definition) is 0. The van der Waals surface area contributed by atoms with Crippen LogP contribution in [0.1, 0.15) is 63.9 Å². The third-order valence-electron chi connectivity index (χ3n) is 8.73. The van der Waals surface area contributed by atoms with Crippen molar-refractivity contribution in [1.29, 1.82) is 0 Å². The number of amides is 1. The molecule has 0 aromatic heterocycles. The van der Waals surface area contributed by atoms with E-state index in [0.29, 0.717) is 24.6 Å². The summed E-state index contributed by atoms with van der Waals surface area (Å²) in [6.07, 6.45) is 15.8. The first-order chi connectivity index (χ1) is 18.9. The predicted octanol–water partition coefficient (Wildman–Crippen LogP) is 6.39. The molecule has 3 unspecified atom stereocenters. The molecule has 0 radical (unpaired) electrons. The molecule has 1 saturated carbocycles. The van der Waals surface area contributed by atoms with Crippen molar-refractivity contribution >= 4 is 23.5 Å². The summed E-state index contributed by atoms with van der Waals surface area (Å²) in [5, 5.41) is 0.687. The van der Waals surface area contributed by atoms with Gasteiger partial charge < -0.3 is 19.1 Å². The average Bonchev–Trinajstić information content (AvgIpc) is 3.49. The number of rotatable bonds is 8. The normalized spacial score (nSPS) is 27.8. The summed E-state index contributed by atoms with van der Waals surface area (Å²) in [4.78, 5) is 29.1. The molecule has 1 aliphatic heterocycles. The highest BCUT2D eigenvalue weighted by atomic mass is 35.5. The molecule has 0 N–H and O–H groups in total. The molecule has 4 aliphatic rings. The maximum absolute atomic E-state index is 14.3. The Labute approximate surface area is 237 Å². The lowest BCUT2D eigenvalue weighted by Gasteiger charge is -2.45. The minimum absolute atomic E-state index is 0.0146. The van der Waals surface area contributed by atoms with E-state index in [1.165, 1.54) is 7.11 Å². The van der Waals surface area contributed by atoms with Gasteiger partial charge in [-0.05, 0) is 68.7 Å². The Hall–Kier alpha value is -2.57. The highest BCUT2D eigenvalue weighted by Crippen LogP contribution is 2.41. The molecule has 0 bridgehead atoms. The number of benzene rings is 1. The number of nitrogens with zero attached hydrogens (tertiary/aromatic N) is 1. The van der Waals surface area contributed by atoms with Gasteiger partial charge in [-0.15, -0.1) is 0 Å². The molecular formula is C32H40ClNO5. The smallest absolute Gasteiger partial charge is 0.328 e. The van der Waals surface area contributed by atoms with Crippen LogP contribution in [0.15, 0.2) is 59.9 Å². The van der Waals surface area contributed by atoms with E-state index in [2.05, 4.69) is 24.3 Å². The van der Waals surface area contributed by atoms with Crippen molar-refractivity contribution in [2.45, 2.75) is 83.1 Å².